The van der Waals surface area contributed by atoms with E-state index in [1.807, 2.05) is 38.1 Å². The number of hydrogen-bond donors (Lipinski definition) is 0. The summed E-state index contributed by atoms with van der Waals surface area (Å²) in [5.41, 5.74) is 3.84. The zero-order valence-electron chi connectivity index (χ0n) is 20.9. The van der Waals surface area contributed by atoms with Gasteiger partial charge < -0.3 is 23.8 Å². The summed E-state index contributed by atoms with van der Waals surface area (Å²) in [6.45, 7) is 5.31. The van der Waals surface area contributed by atoms with Crippen LogP contribution in [-0.2, 0) is 27.5 Å². The highest BCUT2D eigenvalue weighted by atomic mass is 16.5. The van der Waals surface area contributed by atoms with Crippen molar-refractivity contribution in [3.8, 4) is 5.75 Å². The molecule has 2 amide bonds. The van der Waals surface area contributed by atoms with Crippen molar-refractivity contribution in [1.29, 1.82) is 0 Å². The fourth-order valence-electron chi connectivity index (χ4n) is 4.70. The molecular formula is C27H35N3O5. The van der Waals surface area contributed by atoms with Crippen molar-refractivity contribution < 1.29 is 23.6 Å². The average molecular weight is 482 g/mol. The lowest BCUT2D eigenvalue weighted by Crippen LogP contribution is -2.39. The highest BCUT2D eigenvalue weighted by Gasteiger charge is 2.31. The fourth-order valence-corrected chi connectivity index (χ4v) is 4.70. The monoisotopic (exact) mass is 481 g/mol. The Kier molecular flexibility index (Phi) is 8.23. The van der Waals surface area contributed by atoms with Gasteiger partial charge in [0.1, 0.15) is 11.5 Å². The maximum Gasteiger partial charge on any atom is 0.242 e. The van der Waals surface area contributed by atoms with Crippen molar-refractivity contribution in [2.75, 3.05) is 26.7 Å². The van der Waals surface area contributed by atoms with Gasteiger partial charge in [0.25, 0.3) is 0 Å². The van der Waals surface area contributed by atoms with Crippen LogP contribution in [0.3, 0.4) is 0 Å². The minimum absolute atomic E-state index is 0.0133. The molecule has 8 nitrogen and oxygen atoms in total. The Bertz CT molecular complexity index is 1060. The van der Waals surface area contributed by atoms with Gasteiger partial charge in [-0.3, -0.25) is 9.59 Å². The zero-order valence-corrected chi connectivity index (χ0v) is 20.9. The number of nitrogens with zero attached hydrogens (tertiary/aromatic N) is 3. The maximum atomic E-state index is 13.3. The number of rotatable bonds is 8. The van der Waals surface area contributed by atoms with Crippen LogP contribution in [0.15, 0.2) is 40.4 Å². The van der Waals surface area contributed by atoms with Crippen LogP contribution in [0.1, 0.15) is 54.7 Å². The third-order valence-corrected chi connectivity index (χ3v) is 6.80. The molecule has 1 aromatic carbocycles. The number of hydrogen-bond acceptors (Lipinski definition) is 6. The van der Waals surface area contributed by atoms with E-state index >= 15 is 0 Å². The molecule has 0 saturated carbocycles. The van der Waals surface area contributed by atoms with Gasteiger partial charge in [-0.2, -0.15) is 0 Å². The molecule has 1 aliphatic heterocycles. The van der Waals surface area contributed by atoms with Gasteiger partial charge in [0, 0.05) is 31.6 Å². The standard InChI is InChI=1S/C27H35N3O5/c1-19-25(20(2)35-28-19)18-34-24-15-29(14-22-10-7-11-23(12-22)33-3)27(32)17-30(16-24)26(31)13-21-8-5-4-6-9-21/h7-8,10-12,24H,4-6,9,13-18H2,1-3H3/t24-/m1/s1. The molecule has 4 rings (SSSR count). The molecule has 8 heteroatoms. The lowest BCUT2D eigenvalue weighted by Gasteiger charge is -2.25. The summed E-state index contributed by atoms with van der Waals surface area (Å²) in [7, 11) is 1.63. The summed E-state index contributed by atoms with van der Waals surface area (Å²) in [6, 6.07) is 7.69. The molecule has 2 heterocycles. The van der Waals surface area contributed by atoms with Crippen molar-refractivity contribution in [3.05, 3.63) is 58.5 Å². The number of aryl methyl sites for hydroxylation is 2. The molecule has 35 heavy (non-hydrogen) atoms. The van der Waals surface area contributed by atoms with E-state index < -0.39 is 0 Å². The number of methoxy groups -OCH3 is 1. The van der Waals surface area contributed by atoms with E-state index in [1.54, 1.807) is 16.9 Å². The van der Waals surface area contributed by atoms with Gasteiger partial charge in [0.05, 0.1) is 32.1 Å². The van der Waals surface area contributed by atoms with Gasteiger partial charge in [-0.05, 0) is 57.2 Å². The van der Waals surface area contributed by atoms with Crippen molar-refractivity contribution in [3.63, 3.8) is 0 Å². The number of allylic oxidation sites excluding steroid dienone is 1. The SMILES string of the molecule is COc1cccc(CN2C[C@@H](OCc3c(C)noc3C)CN(C(=O)CC3=CCCCC3)CC2=O)c1. The van der Waals surface area contributed by atoms with Crippen molar-refractivity contribution in [1.82, 2.24) is 15.0 Å². The summed E-state index contributed by atoms with van der Waals surface area (Å²) < 4.78 is 16.9. The Balaban J connectivity index is 1.50. The molecule has 0 N–H and O–H groups in total. The minimum Gasteiger partial charge on any atom is -0.497 e. The number of amides is 2. The number of carbonyl (C=O) groups is 2. The summed E-state index contributed by atoms with van der Waals surface area (Å²) in [5.74, 6) is 1.37. The van der Waals surface area contributed by atoms with Crippen LogP contribution in [0.4, 0.5) is 0 Å². The third-order valence-electron chi connectivity index (χ3n) is 6.80. The van der Waals surface area contributed by atoms with E-state index in [4.69, 9.17) is 14.0 Å². The van der Waals surface area contributed by atoms with Gasteiger partial charge in [0.15, 0.2) is 0 Å². The normalized spacial score (nSPS) is 18.9. The Labute approximate surface area is 206 Å². The number of aromatic nitrogens is 1. The van der Waals surface area contributed by atoms with Gasteiger partial charge in [-0.15, -0.1) is 0 Å². The summed E-state index contributed by atoms with van der Waals surface area (Å²) >= 11 is 0. The smallest absolute Gasteiger partial charge is 0.242 e. The van der Waals surface area contributed by atoms with E-state index in [0.717, 1.165) is 47.6 Å². The zero-order chi connectivity index (χ0) is 24.8. The molecule has 188 valence electrons. The van der Waals surface area contributed by atoms with Gasteiger partial charge in [0.2, 0.25) is 11.8 Å². The molecule has 1 saturated heterocycles. The first-order valence-corrected chi connectivity index (χ1v) is 12.3. The van der Waals surface area contributed by atoms with Crippen molar-refractivity contribution >= 4 is 11.8 Å². The molecule has 0 bridgehead atoms. The number of ether oxygens (including phenoxy) is 2. The second kappa shape index (κ2) is 11.5. The van der Waals surface area contributed by atoms with Crippen LogP contribution in [0.2, 0.25) is 0 Å². The fraction of sp³-hybridized carbons (Fsp3) is 0.519. The van der Waals surface area contributed by atoms with Gasteiger partial charge in [-0.25, -0.2) is 0 Å². The first kappa shape index (κ1) is 25.0. The first-order chi connectivity index (χ1) is 16.9. The van der Waals surface area contributed by atoms with Gasteiger partial charge in [-0.1, -0.05) is 28.9 Å². The largest absolute Gasteiger partial charge is 0.497 e. The first-order valence-electron chi connectivity index (χ1n) is 12.3. The van der Waals surface area contributed by atoms with E-state index in [-0.39, 0.29) is 24.5 Å². The molecule has 1 aliphatic carbocycles. The Hall–Kier alpha value is -3.13. The second-order valence-corrected chi connectivity index (χ2v) is 9.42. The van der Waals surface area contributed by atoms with Crippen molar-refractivity contribution in [2.24, 2.45) is 0 Å². The van der Waals surface area contributed by atoms with E-state index in [2.05, 4.69) is 11.2 Å². The molecule has 0 spiro atoms. The molecule has 2 aliphatic rings. The predicted molar refractivity (Wildman–Crippen MR) is 131 cm³/mol. The average Bonchev–Trinajstić information content (AvgIpc) is 3.09. The molecule has 1 aromatic heterocycles. The molecule has 0 unspecified atom stereocenters. The summed E-state index contributed by atoms with van der Waals surface area (Å²) in [6.07, 6.45) is 6.51. The lowest BCUT2D eigenvalue weighted by molar-refractivity contribution is -0.138. The molecule has 1 atom stereocenters. The number of carbonyl (C=O) groups excluding carboxylic acids is 2. The maximum absolute atomic E-state index is 13.3. The van der Waals surface area contributed by atoms with Crippen molar-refractivity contribution in [2.45, 2.75) is 65.2 Å². The van der Waals surface area contributed by atoms with E-state index in [9.17, 15) is 9.59 Å². The van der Waals surface area contributed by atoms with Crippen LogP contribution in [-0.4, -0.2) is 59.6 Å². The highest BCUT2D eigenvalue weighted by Crippen LogP contribution is 2.23. The van der Waals surface area contributed by atoms with Gasteiger partial charge >= 0.3 is 0 Å². The Morgan fingerprint density at radius 2 is 2.09 bits per heavy atom. The number of benzene rings is 1. The summed E-state index contributed by atoms with van der Waals surface area (Å²) in [4.78, 5) is 29.9. The molecule has 2 aromatic rings. The highest BCUT2D eigenvalue weighted by molar-refractivity contribution is 5.86. The molecular weight excluding hydrogens is 446 g/mol. The van der Waals surface area contributed by atoms with Crippen LogP contribution in [0, 0.1) is 13.8 Å². The predicted octanol–water partition coefficient (Wildman–Crippen LogP) is 3.95. The van der Waals surface area contributed by atoms with E-state index in [1.165, 1.54) is 12.0 Å². The van der Waals surface area contributed by atoms with Crippen LogP contribution in [0.25, 0.3) is 0 Å². The third kappa shape index (κ3) is 6.51. The van der Waals surface area contributed by atoms with Crippen LogP contribution in [0.5, 0.6) is 5.75 Å². The summed E-state index contributed by atoms with van der Waals surface area (Å²) in [5, 5.41) is 4.00. The minimum atomic E-state index is -0.329. The Morgan fingerprint density at radius 3 is 2.80 bits per heavy atom. The quantitative estimate of drug-likeness (QED) is 0.531. The van der Waals surface area contributed by atoms with E-state index in [0.29, 0.717) is 32.7 Å². The molecule has 1 fully saturated rings. The Morgan fingerprint density at radius 1 is 1.23 bits per heavy atom. The lowest BCUT2D eigenvalue weighted by atomic mass is 9.97. The van der Waals surface area contributed by atoms with Crippen LogP contribution < -0.4 is 4.74 Å². The van der Waals surface area contributed by atoms with Crippen LogP contribution >= 0.6 is 0 Å². The second-order valence-electron chi connectivity index (χ2n) is 9.42. The molecule has 0 radical (unpaired) electrons. The topological polar surface area (TPSA) is 85.1 Å².